The highest BCUT2D eigenvalue weighted by atomic mass is 32.2. The lowest BCUT2D eigenvalue weighted by molar-refractivity contribution is -0.148. The Morgan fingerprint density at radius 3 is 2.78 bits per heavy atom. The molecule has 0 saturated carbocycles. The molecule has 1 aromatic heterocycles. The Bertz CT molecular complexity index is 827. The highest BCUT2D eigenvalue weighted by molar-refractivity contribution is 8.00. The van der Waals surface area contributed by atoms with E-state index in [2.05, 4.69) is 10.3 Å². The Morgan fingerprint density at radius 1 is 1.44 bits per heavy atom. The third-order valence-electron chi connectivity index (χ3n) is 4.13. The van der Waals surface area contributed by atoms with E-state index in [1.807, 2.05) is 12.1 Å². The first-order valence-electron chi connectivity index (χ1n) is 8.10. The molecule has 3 rings (SSSR count). The van der Waals surface area contributed by atoms with E-state index in [-0.39, 0.29) is 23.6 Å². The number of nitrogens with zero attached hydrogens (tertiary/aromatic N) is 2. The zero-order valence-corrected chi connectivity index (χ0v) is 16.0. The molecule has 0 aromatic carbocycles. The maximum Gasteiger partial charge on any atom is 0.352 e. The van der Waals surface area contributed by atoms with Gasteiger partial charge in [0, 0.05) is 37.1 Å². The number of fused-ring (bicyclic) bond motifs is 1. The lowest BCUT2D eigenvalue weighted by Gasteiger charge is -2.49. The zero-order chi connectivity index (χ0) is 19.6. The van der Waals surface area contributed by atoms with Gasteiger partial charge in [0.2, 0.25) is 0 Å². The van der Waals surface area contributed by atoms with E-state index in [4.69, 9.17) is 17.0 Å². The second-order valence-electron chi connectivity index (χ2n) is 6.02. The quantitative estimate of drug-likeness (QED) is 0.401. The molecule has 0 spiro atoms. The molecule has 1 amide bonds. The molecule has 0 unspecified atom stereocenters. The van der Waals surface area contributed by atoms with Crippen molar-refractivity contribution in [3.05, 3.63) is 41.4 Å². The molecule has 1 aromatic rings. The topological polar surface area (TPSA) is 109 Å². The summed E-state index contributed by atoms with van der Waals surface area (Å²) >= 11 is 6.75. The number of nitrogens with one attached hydrogen (secondary N) is 1. The third-order valence-corrected chi connectivity index (χ3v) is 5.73. The Balaban J connectivity index is 1.68. The first-order chi connectivity index (χ1) is 12.9. The van der Waals surface area contributed by atoms with Crippen LogP contribution in [0.5, 0.6) is 0 Å². The van der Waals surface area contributed by atoms with Crippen LogP contribution in [0.2, 0.25) is 0 Å². The fraction of sp³-hybridized carbons (Fsp3) is 0.353. The smallest absolute Gasteiger partial charge is 0.352 e. The van der Waals surface area contributed by atoms with Crippen LogP contribution in [-0.4, -0.2) is 61.6 Å². The summed E-state index contributed by atoms with van der Waals surface area (Å²) in [4.78, 5) is 40.9. The van der Waals surface area contributed by atoms with Crippen molar-refractivity contribution in [1.29, 1.82) is 0 Å². The second-order valence-corrected chi connectivity index (χ2v) is 7.62. The second kappa shape index (κ2) is 8.05. The van der Waals surface area contributed by atoms with Crippen LogP contribution in [0, 0.1) is 0 Å². The van der Waals surface area contributed by atoms with Crippen molar-refractivity contribution in [2.45, 2.75) is 24.8 Å². The molecule has 0 aliphatic carbocycles. The third kappa shape index (κ3) is 4.11. The molecule has 142 valence electrons. The molecule has 2 atom stereocenters. The first kappa shape index (κ1) is 19.3. The zero-order valence-electron chi connectivity index (χ0n) is 14.4. The average molecular weight is 407 g/mol. The maximum absolute atomic E-state index is 12.6. The molecule has 3 heterocycles. The molecule has 27 heavy (non-hydrogen) atoms. The lowest BCUT2D eigenvalue weighted by Crippen LogP contribution is -2.70. The summed E-state index contributed by atoms with van der Waals surface area (Å²) in [6.07, 6.45) is 3.80. The molecule has 2 aliphatic rings. The highest BCUT2D eigenvalue weighted by Gasteiger charge is 2.53. The molecular weight excluding hydrogens is 390 g/mol. The van der Waals surface area contributed by atoms with Gasteiger partial charge in [-0.2, -0.15) is 0 Å². The van der Waals surface area contributed by atoms with Crippen molar-refractivity contribution >= 4 is 46.8 Å². The summed E-state index contributed by atoms with van der Waals surface area (Å²) in [5.74, 6) is -1.72. The van der Waals surface area contributed by atoms with Crippen LogP contribution in [0.1, 0.15) is 12.5 Å². The lowest BCUT2D eigenvalue weighted by atomic mass is 10.0. The highest BCUT2D eigenvalue weighted by Crippen LogP contribution is 2.40. The average Bonchev–Trinajstić information content (AvgIpc) is 2.64. The molecule has 10 heteroatoms. The first-order valence-corrected chi connectivity index (χ1v) is 9.56. The van der Waals surface area contributed by atoms with Gasteiger partial charge in [-0.15, -0.1) is 11.8 Å². The van der Waals surface area contributed by atoms with Gasteiger partial charge in [-0.05, 0) is 17.7 Å². The summed E-state index contributed by atoms with van der Waals surface area (Å²) in [6.45, 7) is 1.11. The molecular formula is C17H17N3O5S2. The normalized spacial score (nSPS) is 21.2. The standard InChI is InChI=1S/C17H17N3O5S2/c1-9(21)25-7-11-8-27-16-13(15(22)20(16)14(11)17(23)24)19-12(26)6-10-2-4-18-5-3-10/h2-5,13,16H,6-8H2,1H3,(H,19,26)(H,23,24)/t13-,16-/m1/s1. The number of carboxylic acid groups (broad SMARTS) is 1. The summed E-state index contributed by atoms with van der Waals surface area (Å²) in [7, 11) is 0. The van der Waals surface area contributed by atoms with Gasteiger partial charge in [-0.1, -0.05) is 12.2 Å². The number of β-lactam (4-membered cyclic amide) rings is 1. The Hall–Kier alpha value is -2.46. The van der Waals surface area contributed by atoms with E-state index < -0.39 is 18.0 Å². The molecule has 0 radical (unpaired) electrons. The number of pyridine rings is 1. The van der Waals surface area contributed by atoms with Crippen LogP contribution in [0.4, 0.5) is 0 Å². The molecule has 2 aliphatic heterocycles. The van der Waals surface area contributed by atoms with Gasteiger partial charge in [-0.3, -0.25) is 19.5 Å². The summed E-state index contributed by atoms with van der Waals surface area (Å²) < 4.78 is 4.91. The SMILES string of the molecule is CC(=O)OCC1=C(C(=O)O)N2C(=O)[C@@H](NC(=S)Cc3ccncc3)[C@H]2SC1. The number of hydrogen-bond acceptors (Lipinski definition) is 7. The number of thioether (sulfide) groups is 1. The van der Waals surface area contributed by atoms with Crippen molar-refractivity contribution in [2.24, 2.45) is 0 Å². The summed E-state index contributed by atoms with van der Waals surface area (Å²) in [5, 5.41) is 12.2. The Kier molecular flexibility index (Phi) is 5.76. The molecule has 1 saturated heterocycles. The van der Waals surface area contributed by atoms with E-state index in [1.54, 1.807) is 12.4 Å². The number of aromatic nitrogens is 1. The van der Waals surface area contributed by atoms with Crippen LogP contribution in [0.3, 0.4) is 0 Å². The summed E-state index contributed by atoms with van der Waals surface area (Å²) in [5.41, 5.74) is 1.27. The van der Waals surface area contributed by atoms with Crippen LogP contribution < -0.4 is 5.32 Å². The number of thiocarbonyl (C=S) groups is 1. The number of esters is 1. The maximum atomic E-state index is 12.6. The predicted molar refractivity (Wildman–Crippen MR) is 102 cm³/mol. The van der Waals surface area contributed by atoms with E-state index >= 15 is 0 Å². The van der Waals surface area contributed by atoms with Gasteiger partial charge < -0.3 is 15.2 Å². The minimum absolute atomic E-state index is 0.108. The number of aliphatic carboxylic acids is 1. The molecule has 1 fully saturated rings. The van der Waals surface area contributed by atoms with Gasteiger partial charge in [0.25, 0.3) is 5.91 Å². The van der Waals surface area contributed by atoms with Gasteiger partial charge in [0.15, 0.2) is 0 Å². The van der Waals surface area contributed by atoms with Gasteiger partial charge in [-0.25, -0.2) is 4.79 Å². The number of hydrogen-bond donors (Lipinski definition) is 2. The Morgan fingerprint density at radius 2 is 2.15 bits per heavy atom. The number of rotatable bonds is 6. The van der Waals surface area contributed by atoms with E-state index in [9.17, 15) is 19.5 Å². The van der Waals surface area contributed by atoms with E-state index in [0.717, 1.165) is 5.56 Å². The molecule has 2 N–H and O–H groups in total. The van der Waals surface area contributed by atoms with Gasteiger partial charge in [0.1, 0.15) is 23.7 Å². The number of carbonyl (C=O) groups is 3. The van der Waals surface area contributed by atoms with Crippen LogP contribution in [-0.2, 0) is 25.5 Å². The van der Waals surface area contributed by atoms with Gasteiger partial charge in [0.05, 0.1) is 4.99 Å². The van der Waals surface area contributed by atoms with Crippen LogP contribution in [0.25, 0.3) is 0 Å². The largest absolute Gasteiger partial charge is 0.477 e. The van der Waals surface area contributed by atoms with Crippen molar-refractivity contribution in [3.8, 4) is 0 Å². The van der Waals surface area contributed by atoms with Gasteiger partial charge >= 0.3 is 11.9 Å². The van der Waals surface area contributed by atoms with E-state index in [1.165, 1.54) is 23.6 Å². The monoisotopic (exact) mass is 407 g/mol. The summed E-state index contributed by atoms with van der Waals surface area (Å²) in [6, 6.07) is 3.10. The Labute approximate surface area is 165 Å². The molecule has 8 nitrogen and oxygen atoms in total. The molecule has 0 bridgehead atoms. The number of carboxylic acids is 1. The number of carbonyl (C=O) groups excluding carboxylic acids is 2. The minimum atomic E-state index is -1.21. The van der Waals surface area contributed by atoms with Crippen LogP contribution in [0.15, 0.2) is 35.8 Å². The fourth-order valence-corrected chi connectivity index (χ4v) is 4.51. The van der Waals surface area contributed by atoms with Crippen molar-refractivity contribution in [1.82, 2.24) is 15.2 Å². The van der Waals surface area contributed by atoms with E-state index in [0.29, 0.717) is 22.7 Å². The fourth-order valence-electron chi connectivity index (χ4n) is 2.89. The van der Waals surface area contributed by atoms with Crippen LogP contribution >= 0.6 is 24.0 Å². The minimum Gasteiger partial charge on any atom is -0.477 e. The van der Waals surface area contributed by atoms with Crippen molar-refractivity contribution in [2.75, 3.05) is 12.4 Å². The number of ether oxygens (including phenoxy) is 1. The predicted octanol–water partition coefficient (Wildman–Crippen LogP) is 0.727. The van der Waals surface area contributed by atoms with Crippen molar-refractivity contribution < 1.29 is 24.2 Å². The van der Waals surface area contributed by atoms with Crippen molar-refractivity contribution in [3.63, 3.8) is 0 Å². The number of amides is 1.